The van der Waals surface area contributed by atoms with Gasteiger partial charge in [0.2, 0.25) is 5.13 Å². The van der Waals surface area contributed by atoms with Crippen molar-refractivity contribution in [2.45, 2.75) is 18.7 Å². The number of benzene rings is 3. The van der Waals surface area contributed by atoms with Crippen LogP contribution in [0.5, 0.6) is 5.75 Å². The topological polar surface area (TPSA) is 71.9 Å². The molecule has 0 aliphatic carbocycles. The van der Waals surface area contributed by atoms with E-state index in [9.17, 15) is 4.79 Å². The van der Waals surface area contributed by atoms with Gasteiger partial charge < -0.3 is 10.1 Å². The molecule has 36 heavy (non-hydrogen) atoms. The van der Waals surface area contributed by atoms with Crippen LogP contribution in [0, 0.1) is 0 Å². The number of rotatable bonds is 7. The number of aromatic nitrogens is 3. The molecule has 0 aliphatic rings. The smallest absolute Gasteiger partial charge is 0.282 e. The monoisotopic (exact) mass is 534 g/mol. The maximum atomic E-state index is 13.7. The summed E-state index contributed by atoms with van der Waals surface area (Å²) in [5.74, 6) is 0.800. The number of halogens is 1. The summed E-state index contributed by atoms with van der Waals surface area (Å²) in [7, 11) is 0. The number of H-pyrrole nitrogens is 1. The number of anilines is 1. The molecule has 0 unspecified atom stereocenters. The van der Waals surface area contributed by atoms with E-state index in [-0.39, 0.29) is 5.56 Å². The number of nitrogens with zero attached hydrogens (tertiary/aromatic N) is 2. The number of hydrogen-bond acceptors (Lipinski definition) is 6. The summed E-state index contributed by atoms with van der Waals surface area (Å²) in [4.78, 5) is 19.3. The van der Waals surface area contributed by atoms with Crippen molar-refractivity contribution >= 4 is 61.7 Å². The van der Waals surface area contributed by atoms with Crippen LogP contribution in [0.25, 0.3) is 26.5 Å². The minimum Gasteiger partial charge on any atom is -0.494 e. The molecule has 5 rings (SSSR count). The lowest BCUT2D eigenvalue weighted by molar-refractivity contribution is 0.340. The highest BCUT2D eigenvalue weighted by atomic mass is 35.5. The van der Waals surface area contributed by atoms with E-state index in [4.69, 9.17) is 16.3 Å². The van der Waals surface area contributed by atoms with Crippen molar-refractivity contribution in [3.05, 3.63) is 98.7 Å². The summed E-state index contributed by atoms with van der Waals surface area (Å²) in [6, 6.07) is 23.1. The van der Waals surface area contributed by atoms with Gasteiger partial charge in [-0.1, -0.05) is 46.8 Å². The maximum Gasteiger partial charge on any atom is 0.282 e. The Labute approximate surface area is 220 Å². The molecular formula is C27H23ClN4O2S2. The van der Waals surface area contributed by atoms with E-state index in [1.54, 1.807) is 0 Å². The van der Waals surface area contributed by atoms with E-state index >= 15 is 0 Å². The number of hydrogen-bond donors (Lipinski definition) is 2. The van der Waals surface area contributed by atoms with Gasteiger partial charge in [0.05, 0.1) is 27.4 Å². The van der Waals surface area contributed by atoms with Crippen LogP contribution >= 0.6 is 34.7 Å². The van der Waals surface area contributed by atoms with Crippen molar-refractivity contribution in [3.8, 4) is 10.9 Å². The maximum absolute atomic E-state index is 13.7. The van der Waals surface area contributed by atoms with Gasteiger partial charge in [0, 0.05) is 26.7 Å². The molecule has 0 aliphatic heterocycles. The molecule has 2 heterocycles. The highest BCUT2D eigenvalue weighted by molar-refractivity contribution is 8.06. The van der Waals surface area contributed by atoms with Gasteiger partial charge in [-0.15, -0.1) is 0 Å². The normalized spacial score (nSPS) is 12.7. The summed E-state index contributed by atoms with van der Waals surface area (Å²) < 4.78 is 8.06. The fraction of sp³-hybridized carbons (Fsp3) is 0.111. The van der Waals surface area contributed by atoms with Crippen LogP contribution in [0.15, 0.2) is 82.5 Å². The van der Waals surface area contributed by atoms with Crippen molar-refractivity contribution in [2.75, 3.05) is 11.9 Å². The molecule has 182 valence electrons. The zero-order chi connectivity index (χ0) is 25.1. The number of nitrogens with one attached hydrogen (secondary N) is 2. The summed E-state index contributed by atoms with van der Waals surface area (Å²) in [6.45, 7) is 4.46. The van der Waals surface area contributed by atoms with Crippen molar-refractivity contribution in [2.24, 2.45) is 0 Å². The summed E-state index contributed by atoms with van der Waals surface area (Å²) in [6.07, 6.45) is 0. The van der Waals surface area contributed by atoms with Crippen LogP contribution in [-0.4, -0.2) is 21.4 Å². The molecule has 0 atom stereocenters. The quantitative estimate of drug-likeness (QED) is 0.266. The predicted molar refractivity (Wildman–Crippen MR) is 151 cm³/mol. The largest absolute Gasteiger partial charge is 0.494 e. The third-order valence-corrected chi connectivity index (χ3v) is 7.56. The first-order valence-corrected chi connectivity index (χ1v) is 13.4. The SMILES string of the molecule is CCOc1ccc(N/C(C)=c2\c(=O)n(-c3nc4ccccc4s3)[nH]\c2=C/Sc2ccc(Cl)cc2)cc1. The van der Waals surface area contributed by atoms with Crippen LogP contribution in [0.2, 0.25) is 5.02 Å². The highest BCUT2D eigenvalue weighted by Crippen LogP contribution is 2.23. The van der Waals surface area contributed by atoms with Gasteiger partial charge in [0.1, 0.15) is 5.75 Å². The minimum atomic E-state index is -0.173. The molecule has 0 radical (unpaired) electrons. The lowest BCUT2D eigenvalue weighted by Crippen LogP contribution is -2.37. The third kappa shape index (κ3) is 5.21. The number of thiazole rings is 1. The van der Waals surface area contributed by atoms with E-state index in [0.717, 1.165) is 32.2 Å². The summed E-state index contributed by atoms with van der Waals surface area (Å²) >= 11 is 9.00. The minimum absolute atomic E-state index is 0.173. The Bertz CT molecular complexity index is 1650. The Balaban J connectivity index is 1.61. The number of ether oxygens (including phenoxy) is 1. The summed E-state index contributed by atoms with van der Waals surface area (Å²) in [5.41, 5.74) is 2.27. The van der Waals surface area contributed by atoms with Gasteiger partial charge >= 0.3 is 0 Å². The van der Waals surface area contributed by atoms with E-state index in [1.165, 1.54) is 27.8 Å². The first kappa shape index (κ1) is 24.2. The molecule has 5 aromatic rings. The van der Waals surface area contributed by atoms with Gasteiger partial charge in [0.25, 0.3) is 5.56 Å². The average molecular weight is 535 g/mol. The molecule has 3 aromatic carbocycles. The standard InChI is InChI=1S/C27H23ClN4O2S2/c1-3-34-20-12-10-19(11-13-20)29-17(2)25-23(16-35-21-14-8-18(28)9-15-21)31-32(26(25)33)27-30-22-6-4-5-7-24(22)36-27/h4-16,29,31H,3H2,1-2H3/b23-16-,25-17-. The van der Waals surface area contributed by atoms with Gasteiger partial charge in [-0.05, 0) is 74.5 Å². The third-order valence-electron chi connectivity index (χ3n) is 5.39. The van der Waals surface area contributed by atoms with Gasteiger partial charge in [-0.3, -0.25) is 9.89 Å². The number of para-hydroxylation sites is 1. The fourth-order valence-electron chi connectivity index (χ4n) is 3.71. The van der Waals surface area contributed by atoms with Crippen LogP contribution in [-0.2, 0) is 0 Å². The van der Waals surface area contributed by atoms with Gasteiger partial charge in [-0.2, -0.15) is 4.68 Å². The predicted octanol–water partition coefficient (Wildman–Crippen LogP) is 5.60. The molecule has 2 aromatic heterocycles. The molecular weight excluding hydrogens is 512 g/mol. The first-order chi connectivity index (χ1) is 17.5. The average Bonchev–Trinajstić information content (AvgIpc) is 3.45. The Hall–Kier alpha value is -3.46. The van der Waals surface area contributed by atoms with Gasteiger partial charge in [-0.25, -0.2) is 4.98 Å². The lowest BCUT2D eigenvalue weighted by Gasteiger charge is -2.07. The Kier molecular flexibility index (Phi) is 7.18. The van der Waals surface area contributed by atoms with Crippen molar-refractivity contribution in [3.63, 3.8) is 0 Å². The Morgan fingerprint density at radius 1 is 1.14 bits per heavy atom. The van der Waals surface area contributed by atoms with E-state index < -0.39 is 0 Å². The first-order valence-electron chi connectivity index (χ1n) is 11.3. The van der Waals surface area contributed by atoms with Crippen molar-refractivity contribution in [1.29, 1.82) is 0 Å². The highest BCUT2D eigenvalue weighted by Gasteiger charge is 2.13. The second kappa shape index (κ2) is 10.7. The van der Waals surface area contributed by atoms with Crippen LogP contribution in [0.4, 0.5) is 5.69 Å². The molecule has 9 heteroatoms. The Morgan fingerprint density at radius 2 is 1.89 bits per heavy atom. The van der Waals surface area contributed by atoms with E-state index in [2.05, 4.69) is 15.4 Å². The van der Waals surface area contributed by atoms with Crippen LogP contribution < -0.4 is 26.2 Å². The van der Waals surface area contributed by atoms with Gasteiger partial charge in [0.15, 0.2) is 0 Å². The van der Waals surface area contributed by atoms with Crippen molar-refractivity contribution in [1.82, 2.24) is 14.8 Å². The number of aromatic amines is 1. The zero-order valence-electron chi connectivity index (χ0n) is 19.6. The van der Waals surface area contributed by atoms with Crippen LogP contribution in [0.1, 0.15) is 13.8 Å². The second-order valence-corrected chi connectivity index (χ2v) is 10.3. The zero-order valence-corrected chi connectivity index (χ0v) is 22.0. The van der Waals surface area contributed by atoms with Crippen molar-refractivity contribution < 1.29 is 4.74 Å². The van der Waals surface area contributed by atoms with Crippen LogP contribution in [0.3, 0.4) is 0 Å². The fourth-order valence-corrected chi connectivity index (χ4v) is 5.48. The Morgan fingerprint density at radius 3 is 2.61 bits per heavy atom. The molecule has 2 N–H and O–H groups in total. The molecule has 0 saturated carbocycles. The van der Waals surface area contributed by atoms with E-state index in [1.807, 2.05) is 92.1 Å². The molecule has 6 nitrogen and oxygen atoms in total. The molecule has 0 saturated heterocycles. The molecule has 0 bridgehead atoms. The number of thioether (sulfide) groups is 1. The lowest BCUT2D eigenvalue weighted by atomic mass is 10.2. The van der Waals surface area contributed by atoms with E-state index in [0.29, 0.717) is 27.3 Å². The molecule has 0 spiro atoms. The molecule has 0 amide bonds. The second-order valence-electron chi connectivity index (χ2n) is 7.90. The number of fused-ring (bicyclic) bond motifs is 1. The molecule has 0 fully saturated rings. The summed E-state index contributed by atoms with van der Waals surface area (Å²) in [5, 5.41) is 11.1.